The van der Waals surface area contributed by atoms with Crippen LogP contribution in [0.25, 0.3) is 0 Å². The molecule has 1 fully saturated rings. The number of rotatable bonds is 5. The molecule has 1 unspecified atom stereocenters. The molecule has 1 aliphatic heterocycles. The first-order valence-electron chi connectivity index (χ1n) is 6.10. The molecule has 1 atom stereocenters. The Balaban J connectivity index is 2.30. The molecule has 0 radical (unpaired) electrons. The van der Waals surface area contributed by atoms with E-state index in [0.717, 1.165) is 26.2 Å². The van der Waals surface area contributed by atoms with E-state index in [1.807, 2.05) is 0 Å². The monoisotopic (exact) mass is 228 g/mol. The van der Waals surface area contributed by atoms with Crippen LogP contribution in [0.3, 0.4) is 0 Å². The van der Waals surface area contributed by atoms with Gasteiger partial charge in [0.1, 0.15) is 5.84 Å². The van der Waals surface area contributed by atoms with Crippen molar-refractivity contribution < 1.29 is 5.21 Å². The number of nitrogens with two attached hydrogens (primary N) is 1. The minimum atomic E-state index is 0.323. The van der Waals surface area contributed by atoms with Gasteiger partial charge in [0.15, 0.2) is 0 Å². The van der Waals surface area contributed by atoms with Crippen LogP contribution in [-0.4, -0.2) is 59.6 Å². The van der Waals surface area contributed by atoms with Gasteiger partial charge in [-0.1, -0.05) is 12.1 Å². The summed E-state index contributed by atoms with van der Waals surface area (Å²) in [6.07, 6.45) is 1.87. The molecular weight excluding hydrogens is 204 g/mol. The normalized spacial score (nSPS) is 22.2. The van der Waals surface area contributed by atoms with E-state index in [4.69, 9.17) is 10.9 Å². The molecule has 3 N–H and O–H groups in total. The Morgan fingerprint density at radius 3 is 2.50 bits per heavy atom. The average Bonchev–Trinajstić information content (AvgIpc) is 2.30. The minimum absolute atomic E-state index is 0.323. The van der Waals surface area contributed by atoms with Crippen LogP contribution in [0.4, 0.5) is 0 Å². The summed E-state index contributed by atoms with van der Waals surface area (Å²) < 4.78 is 0. The van der Waals surface area contributed by atoms with E-state index in [2.05, 4.69) is 28.8 Å². The molecule has 16 heavy (non-hydrogen) atoms. The fourth-order valence-corrected chi connectivity index (χ4v) is 2.22. The molecule has 0 aromatic heterocycles. The van der Waals surface area contributed by atoms with Crippen molar-refractivity contribution in [3.8, 4) is 0 Å². The largest absolute Gasteiger partial charge is 0.409 e. The zero-order valence-corrected chi connectivity index (χ0v) is 10.4. The highest BCUT2D eigenvalue weighted by atomic mass is 16.4. The lowest BCUT2D eigenvalue weighted by Crippen LogP contribution is -2.50. The first kappa shape index (κ1) is 13.3. The number of nitrogens with zero attached hydrogens (tertiary/aromatic N) is 3. The molecule has 0 aromatic carbocycles. The summed E-state index contributed by atoms with van der Waals surface area (Å²) in [7, 11) is 0. The highest BCUT2D eigenvalue weighted by molar-refractivity contribution is 5.80. The molecular formula is C11H24N4O. The molecule has 0 spiro atoms. The maximum Gasteiger partial charge on any atom is 0.140 e. The Morgan fingerprint density at radius 2 is 2.00 bits per heavy atom. The van der Waals surface area contributed by atoms with Crippen molar-refractivity contribution in [1.29, 1.82) is 0 Å². The van der Waals surface area contributed by atoms with Gasteiger partial charge in [0, 0.05) is 38.6 Å². The molecule has 94 valence electrons. The van der Waals surface area contributed by atoms with Crippen LogP contribution < -0.4 is 5.73 Å². The fraction of sp³-hybridized carbons (Fsp3) is 0.909. The Kier molecular flexibility index (Phi) is 5.55. The van der Waals surface area contributed by atoms with Gasteiger partial charge in [-0.3, -0.25) is 4.90 Å². The van der Waals surface area contributed by atoms with Gasteiger partial charge in [0.05, 0.1) is 0 Å². The lowest BCUT2D eigenvalue weighted by molar-refractivity contribution is 0.104. The summed E-state index contributed by atoms with van der Waals surface area (Å²) in [6.45, 7) is 9.98. The quantitative estimate of drug-likeness (QED) is 0.312. The lowest BCUT2D eigenvalue weighted by atomic mass is 10.1. The van der Waals surface area contributed by atoms with E-state index >= 15 is 0 Å². The second-order valence-electron chi connectivity index (χ2n) is 4.52. The van der Waals surface area contributed by atoms with Gasteiger partial charge in [0.25, 0.3) is 0 Å². The van der Waals surface area contributed by atoms with Crippen molar-refractivity contribution in [3.05, 3.63) is 0 Å². The molecule has 1 saturated heterocycles. The van der Waals surface area contributed by atoms with Crippen LogP contribution in [0, 0.1) is 0 Å². The standard InChI is InChI=1S/C11H24N4O/c1-3-4-14-5-7-15(8-6-14)10(2)9-11(12)13-16/h10,16H,3-9H2,1-2H3,(H2,12,13). The van der Waals surface area contributed by atoms with Crippen LogP contribution in [-0.2, 0) is 0 Å². The van der Waals surface area contributed by atoms with E-state index in [0.29, 0.717) is 18.3 Å². The molecule has 5 nitrogen and oxygen atoms in total. The number of hydrogen-bond acceptors (Lipinski definition) is 4. The zero-order valence-electron chi connectivity index (χ0n) is 10.4. The SMILES string of the molecule is CCCN1CCN(C(C)CC(N)=NO)CC1. The summed E-state index contributed by atoms with van der Waals surface area (Å²) in [5, 5.41) is 11.6. The van der Waals surface area contributed by atoms with Gasteiger partial charge in [-0.2, -0.15) is 0 Å². The molecule has 0 bridgehead atoms. The molecule has 1 aliphatic rings. The zero-order chi connectivity index (χ0) is 12.0. The number of oxime groups is 1. The van der Waals surface area contributed by atoms with Crippen LogP contribution >= 0.6 is 0 Å². The molecule has 0 aliphatic carbocycles. The maximum atomic E-state index is 8.53. The van der Waals surface area contributed by atoms with E-state index < -0.39 is 0 Å². The smallest absolute Gasteiger partial charge is 0.140 e. The predicted octanol–water partition coefficient (Wildman–Crippen LogP) is 0.539. The Morgan fingerprint density at radius 1 is 1.38 bits per heavy atom. The Hall–Kier alpha value is -0.810. The molecule has 1 heterocycles. The Bertz CT molecular complexity index is 224. The van der Waals surface area contributed by atoms with E-state index in [1.165, 1.54) is 13.0 Å². The highest BCUT2D eigenvalue weighted by Crippen LogP contribution is 2.09. The Labute approximate surface area is 97.9 Å². The second kappa shape index (κ2) is 6.70. The predicted molar refractivity (Wildman–Crippen MR) is 65.8 cm³/mol. The van der Waals surface area contributed by atoms with Gasteiger partial charge in [-0.05, 0) is 19.9 Å². The van der Waals surface area contributed by atoms with Crippen molar-refractivity contribution in [2.45, 2.75) is 32.7 Å². The number of hydrogen-bond donors (Lipinski definition) is 2. The van der Waals surface area contributed by atoms with Crippen molar-refractivity contribution in [3.63, 3.8) is 0 Å². The van der Waals surface area contributed by atoms with Crippen LogP contribution in [0.5, 0.6) is 0 Å². The topological polar surface area (TPSA) is 65.1 Å². The second-order valence-corrected chi connectivity index (χ2v) is 4.52. The summed E-state index contributed by atoms with van der Waals surface area (Å²) in [5.74, 6) is 0.323. The molecule has 0 amide bonds. The van der Waals surface area contributed by atoms with E-state index in [1.54, 1.807) is 0 Å². The third kappa shape index (κ3) is 3.98. The third-order valence-electron chi connectivity index (χ3n) is 3.20. The summed E-state index contributed by atoms with van der Waals surface area (Å²) in [6, 6.07) is 0.361. The average molecular weight is 228 g/mol. The third-order valence-corrected chi connectivity index (χ3v) is 3.20. The van der Waals surface area contributed by atoms with Crippen LogP contribution in [0.15, 0.2) is 5.16 Å². The molecule has 0 aromatic rings. The van der Waals surface area contributed by atoms with Gasteiger partial charge in [-0.25, -0.2) is 0 Å². The molecule has 1 rings (SSSR count). The van der Waals surface area contributed by atoms with Gasteiger partial charge in [0.2, 0.25) is 0 Å². The van der Waals surface area contributed by atoms with Crippen molar-refractivity contribution in [1.82, 2.24) is 9.80 Å². The fourth-order valence-electron chi connectivity index (χ4n) is 2.22. The van der Waals surface area contributed by atoms with E-state index in [-0.39, 0.29) is 0 Å². The molecule has 5 heteroatoms. The van der Waals surface area contributed by atoms with Crippen molar-refractivity contribution in [2.75, 3.05) is 32.7 Å². The lowest BCUT2D eigenvalue weighted by Gasteiger charge is -2.37. The van der Waals surface area contributed by atoms with Gasteiger partial charge in [-0.15, -0.1) is 0 Å². The minimum Gasteiger partial charge on any atom is -0.409 e. The van der Waals surface area contributed by atoms with E-state index in [9.17, 15) is 0 Å². The summed E-state index contributed by atoms with van der Waals surface area (Å²) in [4.78, 5) is 4.90. The van der Waals surface area contributed by atoms with Gasteiger partial charge < -0.3 is 15.8 Å². The maximum absolute atomic E-state index is 8.53. The number of amidine groups is 1. The summed E-state index contributed by atoms with van der Waals surface area (Å²) in [5.41, 5.74) is 5.52. The van der Waals surface area contributed by atoms with Gasteiger partial charge >= 0.3 is 0 Å². The first-order valence-corrected chi connectivity index (χ1v) is 6.10. The molecule has 0 saturated carbocycles. The highest BCUT2D eigenvalue weighted by Gasteiger charge is 2.21. The summed E-state index contributed by atoms with van der Waals surface area (Å²) >= 11 is 0. The van der Waals surface area contributed by atoms with Crippen molar-refractivity contribution in [2.24, 2.45) is 10.9 Å². The first-order chi connectivity index (χ1) is 7.67. The van der Waals surface area contributed by atoms with Crippen LogP contribution in [0.2, 0.25) is 0 Å². The number of piperazine rings is 1. The van der Waals surface area contributed by atoms with Crippen molar-refractivity contribution >= 4 is 5.84 Å². The van der Waals surface area contributed by atoms with Crippen LogP contribution in [0.1, 0.15) is 26.7 Å².